The summed E-state index contributed by atoms with van der Waals surface area (Å²) in [5, 5.41) is 0. The van der Waals surface area contributed by atoms with E-state index in [-0.39, 0.29) is 35.2 Å². The molecule has 0 heterocycles. The standard InChI is InChI=1S/C6H15O2P.Na/c1-4-5-9(7,8)6(2)3;/h6H,4-5H2,1-3H3,(H,7,8);/q;+1/p-1. The predicted molar refractivity (Wildman–Crippen MR) is 37.9 cm³/mol. The van der Waals surface area contributed by atoms with Crippen LogP contribution in [0.3, 0.4) is 0 Å². The van der Waals surface area contributed by atoms with Crippen LogP contribution in [0.1, 0.15) is 27.2 Å². The minimum atomic E-state index is -3.01. The Labute approximate surface area is 85.1 Å². The molecule has 0 aromatic rings. The summed E-state index contributed by atoms with van der Waals surface area (Å²) in [4.78, 5) is 11.0. The smallest absolute Gasteiger partial charge is 0.799 e. The zero-order valence-electron chi connectivity index (χ0n) is 7.26. The molecule has 0 aliphatic heterocycles. The van der Waals surface area contributed by atoms with Crippen LogP contribution in [0.4, 0.5) is 0 Å². The van der Waals surface area contributed by atoms with Crippen LogP contribution >= 0.6 is 7.37 Å². The normalized spacial score (nSPS) is 16.1. The van der Waals surface area contributed by atoms with Crippen molar-refractivity contribution in [3.8, 4) is 0 Å². The van der Waals surface area contributed by atoms with Gasteiger partial charge in [-0.3, -0.25) is 0 Å². The van der Waals surface area contributed by atoms with E-state index >= 15 is 0 Å². The van der Waals surface area contributed by atoms with Crippen LogP contribution in [0.15, 0.2) is 0 Å². The number of hydrogen-bond donors (Lipinski definition) is 0. The average Bonchev–Trinajstić information content (AvgIpc) is 1.65. The first-order chi connectivity index (χ1) is 4.00. The van der Waals surface area contributed by atoms with Gasteiger partial charge in [0, 0.05) is 7.37 Å². The average molecular weight is 172 g/mol. The third-order valence-corrected chi connectivity index (χ3v) is 3.97. The Morgan fingerprint density at radius 2 is 1.90 bits per heavy atom. The maximum Gasteiger partial charge on any atom is 1.00 e. The summed E-state index contributed by atoms with van der Waals surface area (Å²) >= 11 is 0. The van der Waals surface area contributed by atoms with Gasteiger partial charge in [-0.1, -0.05) is 27.2 Å². The van der Waals surface area contributed by atoms with Gasteiger partial charge in [-0.2, -0.15) is 0 Å². The van der Waals surface area contributed by atoms with Crippen LogP contribution in [-0.2, 0) is 4.57 Å². The molecule has 0 aromatic carbocycles. The van der Waals surface area contributed by atoms with Crippen LogP contribution < -0.4 is 34.5 Å². The van der Waals surface area contributed by atoms with Gasteiger partial charge in [0.05, 0.1) is 0 Å². The van der Waals surface area contributed by atoms with E-state index in [1.54, 1.807) is 13.8 Å². The SMILES string of the molecule is CCCP(=O)([O-])C(C)C.[Na+]. The van der Waals surface area contributed by atoms with Crippen molar-refractivity contribution in [2.45, 2.75) is 32.9 Å². The molecular weight excluding hydrogens is 158 g/mol. The third-order valence-electron chi connectivity index (χ3n) is 1.32. The maximum absolute atomic E-state index is 11.0. The van der Waals surface area contributed by atoms with E-state index in [9.17, 15) is 9.46 Å². The van der Waals surface area contributed by atoms with Gasteiger partial charge in [0.25, 0.3) is 0 Å². The summed E-state index contributed by atoms with van der Waals surface area (Å²) in [5.41, 5.74) is -0.183. The summed E-state index contributed by atoms with van der Waals surface area (Å²) in [6.45, 7) is 5.33. The van der Waals surface area contributed by atoms with E-state index in [4.69, 9.17) is 0 Å². The molecular formula is C6H14NaO2P. The summed E-state index contributed by atoms with van der Waals surface area (Å²) in [6.07, 6.45) is 1.09. The first-order valence-electron chi connectivity index (χ1n) is 3.30. The molecule has 0 saturated carbocycles. The van der Waals surface area contributed by atoms with Gasteiger partial charge in [-0.05, 0) is 11.8 Å². The van der Waals surface area contributed by atoms with E-state index in [2.05, 4.69) is 0 Å². The van der Waals surface area contributed by atoms with Gasteiger partial charge in [0.2, 0.25) is 0 Å². The largest absolute Gasteiger partial charge is 1.00 e. The molecule has 0 aliphatic rings. The molecule has 1 atom stereocenters. The van der Waals surface area contributed by atoms with Crippen LogP contribution in [-0.4, -0.2) is 11.8 Å². The molecule has 0 saturated heterocycles. The van der Waals surface area contributed by atoms with E-state index in [0.29, 0.717) is 6.16 Å². The molecule has 0 N–H and O–H groups in total. The zero-order valence-corrected chi connectivity index (χ0v) is 10.1. The second kappa shape index (κ2) is 5.79. The van der Waals surface area contributed by atoms with E-state index in [1.807, 2.05) is 6.92 Å². The Balaban J connectivity index is 0. The minimum absolute atomic E-state index is 0. The number of rotatable bonds is 3. The Kier molecular flexibility index (Phi) is 7.97. The Morgan fingerprint density at radius 1 is 1.50 bits per heavy atom. The molecule has 56 valence electrons. The Morgan fingerprint density at radius 3 is 2.00 bits per heavy atom. The molecule has 2 nitrogen and oxygen atoms in total. The fourth-order valence-electron chi connectivity index (χ4n) is 0.570. The molecule has 0 rings (SSSR count). The molecule has 0 fully saturated rings. The van der Waals surface area contributed by atoms with Crippen molar-refractivity contribution in [1.29, 1.82) is 0 Å². The molecule has 1 unspecified atom stereocenters. The van der Waals surface area contributed by atoms with Gasteiger partial charge in [-0.15, -0.1) is 0 Å². The van der Waals surface area contributed by atoms with E-state index in [0.717, 1.165) is 6.42 Å². The predicted octanol–water partition coefficient (Wildman–Crippen LogP) is -1.55. The summed E-state index contributed by atoms with van der Waals surface area (Å²) in [7, 11) is -3.01. The zero-order chi connectivity index (χ0) is 7.49. The summed E-state index contributed by atoms with van der Waals surface area (Å²) < 4.78 is 11.0. The molecule has 0 amide bonds. The summed E-state index contributed by atoms with van der Waals surface area (Å²) in [6, 6.07) is 0. The second-order valence-corrected chi connectivity index (χ2v) is 5.48. The van der Waals surface area contributed by atoms with Crippen molar-refractivity contribution < 1.29 is 39.0 Å². The molecule has 0 aromatic heterocycles. The van der Waals surface area contributed by atoms with E-state index in [1.165, 1.54) is 0 Å². The van der Waals surface area contributed by atoms with Gasteiger partial charge < -0.3 is 9.46 Å². The molecule has 10 heavy (non-hydrogen) atoms. The quantitative estimate of drug-likeness (QED) is 0.382. The van der Waals surface area contributed by atoms with Crippen molar-refractivity contribution in [2.24, 2.45) is 0 Å². The van der Waals surface area contributed by atoms with Crippen LogP contribution in [0.2, 0.25) is 0 Å². The van der Waals surface area contributed by atoms with Gasteiger partial charge in [-0.25, -0.2) is 0 Å². The van der Waals surface area contributed by atoms with Gasteiger partial charge in [0.15, 0.2) is 0 Å². The molecule has 0 aliphatic carbocycles. The summed E-state index contributed by atoms with van der Waals surface area (Å²) in [5.74, 6) is 0. The van der Waals surface area contributed by atoms with Crippen LogP contribution in [0.25, 0.3) is 0 Å². The monoisotopic (exact) mass is 172 g/mol. The van der Waals surface area contributed by atoms with Crippen molar-refractivity contribution in [1.82, 2.24) is 0 Å². The Hall–Kier alpha value is 1.19. The fraction of sp³-hybridized carbons (Fsp3) is 1.00. The van der Waals surface area contributed by atoms with Crippen molar-refractivity contribution in [3.05, 3.63) is 0 Å². The van der Waals surface area contributed by atoms with Gasteiger partial charge in [0.1, 0.15) is 0 Å². The minimum Gasteiger partial charge on any atom is -0.799 e. The van der Waals surface area contributed by atoms with E-state index < -0.39 is 7.37 Å². The first-order valence-corrected chi connectivity index (χ1v) is 5.18. The topological polar surface area (TPSA) is 40.1 Å². The molecule has 4 heteroatoms. The van der Waals surface area contributed by atoms with Crippen molar-refractivity contribution in [3.63, 3.8) is 0 Å². The fourth-order valence-corrected chi connectivity index (χ4v) is 1.71. The molecule has 0 spiro atoms. The van der Waals surface area contributed by atoms with Crippen molar-refractivity contribution in [2.75, 3.05) is 6.16 Å². The maximum atomic E-state index is 11.0. The third kappa shape index (κ3) is 4.92. The van der Waals surface area contributed by atoms with Crippen LogP contribution in [0, 0.1) is 0 Å². The second-order valence-electron chi connectivity index (χ2n) is 2.54. The molecule has 0 bridgehead atoms. The Bertz CT molecular complexity index is 125. The van der Waals surface area contributed by atoms with Crippen LogP contribution in [0.5, 0.6) is 0 Å². The number of hydrogen-bond acceptors (Lipinski definition) is 2. The molecule has 0 radical (unpaired) electrons. The van der Waals surface area contributed by atoms with Gasteiger partial charge >= 0.3 is 29.6 Å². The first kappa shape index (κ1) is 13.8. The van der Waals surface area contributed by atoms with Crippen molar-refractivity contribution >= 4 is 7.37 Å².